The Labute approximate surface area is 169 Å². The smallest absolute Gasteiger partial charge is 0.223 e. The van der Waals surface area contributed by atoms with Crippen LogP contribution in [0.25, 0.3) is 0 Å². The van der Waals surface area contributed by atoms with Crippen molar-refractivity contribution in [2.75, 3.05) is 13.1 Å². The molecule has 0 bridgehead atoms. The quantitative estimate of drug-likeness (QED) is 0.360. The van der Waals surface area contributed by atoms with Crippen LogP contribution in [0.15, 0.2) is 33.8 Å². The molecule has 7 nitrogen and oxygen atoms in total. The number of nitrogens with zero attached hydrogens (tertiary/aromatic N) is 3. The maximum Gasteiger partial charge on any atom is 0.223 e. The van der Waals surface area contributed by atoms with Gasteiger partial charge in [0.25, 0.3) is 0 Å². The number of hydrogen-bond acceptors (Lipinski definition) is 5. The van der Waals surface area contributed by atoms with E-state index in [0.717, 1.165) is 12.3 Å². The first kappa shape index (κ1) is 21.5. The van der Waals surface area contributed by atoms with Crippen molar-refractivity contribution in [1.82, 2.24) is 20.8 Å². The van der Waals surface area contributed by atoms with Crippen molar-refractivity contribution in [3.05, 3.63) is 41.0 Å². The zero-order valence-electron chi connectivity index (χ0n) is 14.5. The van der Waals surface area contributed by atoms with Crippen LogP contribution in [0.4, 0.5) is 0 Å². The molecular formula is C16H23ClIN5O2. The second-order valence-corrected chi connectivity index (χ2v) is 5.62. The molecule has 0 saturated carbocycles. The predicted molar refractivity (Wildman–Crippen MR) is 109 cm³/mol. The monoisotopic (exact) mass is 479 g/mol. The summed E-state index contributed by atoms with van der Waals surface area (Å²) in [5.74, 6) is 2.53. The molecule has 25 heavy (non-hydrogen) atoms. The lowest BCUT2D eigenvalue weighted by Gasteiger charge is -2.17. The van der Waals surface area contributed by atoms with E-state index in [0.29, 0.717) is 35.8 Å². The largest absolute Gasteiger partial charge is 0.489 e. The van der Waals surface area contributed by atoms with Crippen LogP contribution < -0.4 is 15.4 Å². The number of aryl methyl sites for hydroxylation is 1. The van der Waals surface area contributed by atoms with Crippen molar-refractivity contribution in [3.8, 4) is 5.75 Å². The lowest BCUT2D eigenvalue weighted by atomic mass is 10.3. The number of rotatable bonds is 7. The number of nitrogens with one attached hydrogen (secondary N) is 2. The summed E-state index contributed by atoms with van der Waals surface area (Å²) in [5.41, 5.74) is 0. The van der Waals surface area contributed by atoms with Gasteiger partial charge in [0.2, 0.25) is 5.89 Å². The van der Waals surface area contributed by atoms with E-state index in [1.54, 1.807) is 19.1 Å². The molecule has 1 aromatic carbocycles. The highest BCUT2D eigenvalue weighted by atomic mass is 127. The van der Waals surface area contributed by atoms with Gasteiger partial charge in [0.1, 0.15) is 18.4 Å². The molecule has 2 aromatic rings. The topological polar surface area (TPSA) is 84.6 Å². The summed E-state index contributed by atoms with van der Waals surface area (Å²) in [6, 6.07) is 7.29. The molecule has 2 rings (SSSR count). The highest BCUT2D eigenvalue weighted by molar-refractivity contribution is 14.0. The minimum atomic E-state index is -0.0394. The fraction of sp³-hybridized carbons (Fsp3) is 0.438. The Bertz CT molecular complexity index is 663. The average molecular weight is 480 g/mol. The van der Waals surface area contributed by atoms with E-state index in [4.69, 9.17) is 20.9 Å². The molecule has 1 aromatic heterocycles. The molecule has 1 unspecified atom stereocenters. The second-order valence-electron chi connectivity index (χ2n) is 5.19. The van der Waals surface area contributed by atoms with Gasteiger partial charge in [-0.2, -0.15) is 4.98 Å². The number of guanidine groups is 1. The van der Waals surface area contributed by atoms with Gasteiger partial charge in [-0.25, -0.2) is 4.99 Å². The van der Waals surface area contributed by atoms with Crippen molar-refractivity contribution >= 4 is 41.5 Å². The standard InChI is InChI=1S/C16H22ClN5O2.HI/c1-4-18-16(20-10-15-21-12(3)24-22-15)19-9-11(2)23-14-7-5-13(17)6-8-14;/h5-8,11H,4,9-10H2,1-3H3,(H2,18,19,20);1H. The molecule has 1 atom stereocenters. The number of ether oxygens (including phenoxy) is 1. The molecule has 2 N–H and O–H groups in total. The van der Waals surface area contributed by atoms with E-state index in [9.17, 15) is 0 Å². The number of benzene rings is 1. The van der Waals surface area contributed by atoms with E-state index >= 15 is 0 Å². The predicted octanol–water partition coefficient (Wildman–Crippen LogP) is 3.17. The SMILES string of the molecule is CCNC(=NCc1noc(C)n1)NCC(C)Oc1ccc(Cl)cc1.I. The molecule has 0 amide bonds. The number of hydrogen-bond donors (Lipinski definition) is 2. The third-order valence-electron chi connectivity index (χ3n) is 3.00. The summed E-state index contributed by atoms with van der Waals surface area (Å²) in [6.45, 7) is 7.43. The number of halogens is 2. The highest BCUT2D eigenvalue weighted by Crippen LogP contribution is 2.16. The van der Waals surface area contributed by atoms with Gasteiger partial charge >= 0.3 is 0 Å². The first-order valence-corrected chi connectivity index (χ1v) is 8.18. The lowest BCUT2D eigenvalue weighted by Crippen LogP contribution is -2.41. The van der Waals surface area contributed by atoms with E-state index < -0.39 is 0 Å². The van der Waals surface area contributed by atoms with Crippen LogP contribution in [-0.2, 0) is 6.54 Å². The molecule has 9 heteroatoms. The number of aromatic nitrogens is 2. The van der Waals surface area contributed by atoms with Crippen LogP contribution in [0.1, 0.15) is 25.6 Å². The fourth-order valence-corrected chi connectivity index (χ4v) is 2.05. The zero-order valence-corrected chi connectivity index (χ0v) is 17.5. The molecule has 0 spiro atoms. The summed E-state index contributed by atoms with van der Waals surface area (Å²) in [7, 11) is 0. The molecule has 1 heterocycles. The second kappa shape index (κ2) is 11.1. The molecule has 0 radical (unpaired) electrons. The molecule has 0 aliphatic carbocycles. The van der Waals surface area contributed by atoms with Crippen LogP contribution in [0.2, 0.25) is 5.02 Å². The van der Waals surface area contributed by atoms with Crippen LogP contribution in [0.3, 0.4) is 0 Å². The van der Waals surface area contributed by atoms with Gasteiger partial charge in [-0.05, 0) is 38.1 Å². The van der Waals surface area contributed by atoms with Gasteiger partial charge in [-0.3, -0.25) is 0 Å². The fourth-order valence-electron chi connectivity index (χ4n) is 1.92. The van der Waals surface area contributed by atoms with Crippen molar-refractivity contribution in [2.45, 2.75) is 33.4 Å². The van der Waals surface area contributed by atoms with E-state index in [1.165, 1.54) is 0 Å². The molecule has 0 aliphatic rings. The Kier molecular flexibility index (Phi) is 9.58. The zero-order chi connectivity index (χ0) is 17.4. The summed E-state index contributed by atoms with van der Waals surface area (Å²) in [6.07, 6.45) is -0.0394. The van der Waals surface area contributed by atoms with Crippen molar-refractivity contribution in [1.29, 1.82) is 0 Å². The summed E-state index contributed by atoms with van der Waals surface area (Å²) < 4.78 is 10.7. The van der Waals surface area contributed by atoms with E-state index in [1.807, 2.05) is 26.0 Å². The lowest BCUT2D eigenvalue weighted by molar-refractivity contribution is 0.224. The Morgan fingerprint density at radius 3 is 2.64 bits per heavy atom. The molecule has 138 valence electrons. The average Bonchev–Trinajstić information content (AvgIpc) is 2.98. The van der Waals surface area contributed by atoms with Gasteiger partial charge in [-0.1, -0.05) is 16.8 Å². The van der Waals surface area contributed by atoms with Gasteiger partial charge in [0.05, 0.1) is 6.54 Å². The van der Waals surface area contributed by atoms with Crippen LogP contribution in [0, 0.1) is 6.92 Å². The minimum absolute atomic E-state index is 0. The molecule has 0 saturated heterocycles. The molecule has 0 aliphatic heterocycles. The van der Waals surface area contributed by atoms with Crippen LogP contribution in [0.5, 0.6) is 5.75 Å². The first-order valence-electron chi connectivity index (χ1n) is 7.80. The first-order chi connectivity index (χ1) is 11.6. The van der Waals surface area contributed by atoms with Crippen LogP contribution >= 0.6 is 35.6 Å². The third kappa shape index (κ3) is 7.91. The third-order valence-corrected chi connectivity index (χ3v) is 3.25. The molecular weight excluding hydrogens is 457 g/mol. The van der Waals surface area contributed by atoms with Crippen molar-refractivity contribution < 1.29 is 9.26 Å². The number of aliphatic imine (C=N–C) groups is 1. The Morgan fingerprint density at radius 1 is 1.32 bits per heavy atom. The van der Waals surface area contributed by atoms with Gasteiger partial charge in [-0.15, -0.1) is 24.0 Å². The normalized spacial score (nSPS) is 12.2. The Balaban J connectivity index is 0.00000312. The summed E-state index contributed by atoms with van der Waals surface area (Å²) in [4.78, 5) is 8.55. The Hall–Kier alpha value is -1.55. The Morgan fingerprint density at radius 2 is 2.04 bits per heavy atom. The highest BCUT2D eigenvalue weighted by Gasteiger charge is 2.07. The van der Waals surface area contributed by atoms with Gasteiger partial charge in [0, 0.05) is 18.5 Å². The summed E-state index contributed by atoms with van der Waals surface area (Å²) >= 11 is 5.86. The van der Waals surface area contributed by atoms with E-state index in [2.05, 4.69) is 25.8 Å². The van der Waals surface area contributed by atoms with Crippen LogP contribution in [-0.4, -0.2) is 35.3 Å². The van der Waals surface area contributed by atoms with Gasteiger partial charge in [0.15, 0.2) is 11.8 Å². The van der Waals surface area contributed by atoms with Crippen molar-refractivity contribution in [3.63, 3.8) is 0 Å². The maximum atomic E-state index is 5.86. The van der Waals surface area contributed by atoms with E-state index in [-0.39, 0.29) is 30.1 Å². The minimum Gasteiger partial charge on any atom is -0.489 e. The molecule has 0 fully saturated rings. The summed E-state index contributed by atoms with van der Waals surface area (Å²) in [5, 5.41) is 10.9. The maximum absolute atomic E-state index is 5.86. The van der Waals surface area contributed by atoms with Gasteiger partial charge < -0.3 is 19.9 Å². The van der Waals surface area contributed by atoms with Crippen molar-refractivity contribution in [2.24, 2.45) is 4.99 Å².